The minimum atomic E-state index is -0.263. The summed E-state index contributed by atoms with van der Waals surface area (Å²) in [5, 5.41) is 8.69. The van der Waals surface area contributed by atoms with Crippen LogP contribution >= 0.6 is 0 Å². The van der Waals surface area contributed by atoms with E-state index in [1.807, 2.05) is 12.1 Å². The number of H-pyrrole nitrogens is 1. The molecule has 0 fully saturated rings. The highest BCUT2D eigenvalue weighted by molar-refractivity contribution is 5.26. The van der Waals surface area contributed by atoms with Gasteiger partial charge in [-0.25, -0.2) is 0 Å². The van der Waals surface area contributed by atoms with E-state index in [0.29, 0.717) is 0 Å². The third-order valence-electron chi connectivity index (χ3n) is 3.64. The molecule has 0 radical (unpaired) electrons. The molecule has 0 unspecified atom stereocenters. The number of aromatic amines is 1. The molecule has 1 N–H and O–H groups in total. The monoisotopic (exact) mass is 274 g/mol. The first-order valence-corrected chi connectivity index (χ1v) is 7.90. The molecule has 1 aromatic rings. The van der Waals surface area contributed by atoms with Gasteiger partial charge in [0, 0.05) is 5.69 Å². The van der Waals surface area contributed by atoms with E-state index in [-0.39, 0.29) is 11.1 Å². The van der Waals surface area contributed by atoms with Crippen LogP contribution in [0.3, 0.4) is 0 Å². The largest absolute Gasteiger partial charge is 0.325 e. The number of hydrogen-bond acceptors (Lipinski definition) is 2. The molecule has 3 nitrogen and oxygen atoms in total. The van der Waals surface area contributed by atoms with Crippen molar-refractivity contribution in [1.29, 1.82) is 5.26 Å². The summed E-state index contributed by atoms with van der Waals surface area (Å²) in [5.41, 5.74) is 0.874. The Labute approximate surface area is 122 Å². The van der Waals surface area contributed by atoms with Crippen molar-refractivity contribution in [3.05, 3.63) is 33.7 Å². The molecular weight excluding hydrogens is 248 g/mol. The maximum Gasteiger partial charge on any atom is 0.266 e. The highest BCUT2D eigenvalue weighted by Gasteiger charge is 2.00. The van der Waals surface area contributed by atoms with Crippen LogP contribution in [0.4, 0.5) is 0 Å². The average molecular weight is 274 g/mol. The summed E-state index contributed by atoms with van der Waals surface area (Å²) < 4.78 is 0. The third kappa shape index (κ3) is 6.56. The van der Waals surface area contributed by atoms with Gasteiger partial charge in [-0.05, 0) is 25.0 Å². The average Bonchev–Trinajstić information content (AvgIpc) is 2.46. The van der Waals surface area contributed by atoms with Crippen molar-refractivity contribution in [2.45, 2.75) is 71.1 Å². The van der Waals surface area contributed by atoms with Crippen LogP contribution < -0.4 is 5.56 Å². The van der Waals surface area contributed by atoms with Gasteiger partial charge in [-0.2, -0.15) is 5.26 Å². The van der Waals surface area contributed by atoms with Gasteiger partial charge in [0.25, 0.3) is 5.56 Å². The molecule has 0 amide bonds. The number of nitriles is 1. The molecular formula is C17H26N2O. The Morgan fingerprint density at radius 2 is 1.60 bits per heavy atom. The Hall–Kier alpha value is -1.56. The molecule has 0 aliphatic heterocycles. The van der Waals surface area contributed by atoms with Gasteiger partial charge in [-0.3, -0.25) is 4.79 Å². The quantitative estimate of drug-likeness (QED) is 0.646. The fraction of sp³-hybridized carbons (Fsp3) is 0.647. The maximum atomic E-state index is 11.5. The molecule has 0 saturated carbocycles. The zero-order valence-corrected chi connectivity index (χ0v) is 12.6. The predicted octanol–water partition coefficient (Wildman–Crippen LogP) is 4.32. The van der Waals surface area contributed by atoms with E-state index in [1.54, 1.807) is 6.07 Å². The Balaban J connectivity index is 2.08. The van der Waals surface area contributed by atoms with Crippen LogP contribution in [0.2, 0.25) is 0 Å². The highest BCUT2D eigenvalue weighted by Crippen LogP contribution is 2.10. The second-order valence-corrected chi connectivity index (χ2v) is 5.42. The molecule has 0 bridgehead atoms. The molecule has 3 heteroatoms. The van der Waals surface area contributed by atoms with E-state index < -0.39 is 0 Å². The van der Waals surface area contributed by atoms with Crippen molar-refractivity contribution >= 4 is 0 Å². The van der Waals surface area contributed by atoms with Gasteiger partial charge in [0.2, 0.25) is 0 Å². The molecule has 0 saturated heterocycles. The van der Waals surface area contributed by atoms with Crippen LogP contribution in [-0.4, -0.2) is 4.98 Å². The number of nitrogens with one attached hydrogen (secondary N) is 1. The predicted molar refractivity (Wildman–Crippen MR) is 82.7 cm³/mol. The summed E-state index contributed by atoms with van der Waals surface area (Å²) in [5.74, 6) is 0. The fourth-order valence-electron chi connectivity index (χ4n) is 2.37. The van der Waals surface area contributed by atoms with Crippen LogP contribution in [0.5, 0.6) is 0 Å². The van der Waals surface area contributed by atoms with E-state index >= 15 is 0 Å². The van der Waals surface area contributed by atoms with Gasteiger partial charge >= 0.3 is 0 Å². The van der Waals surface area contributed by atoms with Crippen molar-refractivity contribution in [2.24, 2.45) is 0 Å². The molecule has 0 aliphatic rings. The molecule has 0 atom stereocenters. The SMILES string of the molecule is CCCCCCCCCCCc1ccc(C#N)c(=O)[nH]1. The molecule has 20 heavy (non-hydrogen) atoms. The smallest absolute Gasteiger partial charge is 0.266 e. The van der Waals surface area contributed by atoms with Crippen molar-refractivity contribution in [2.75, 3.05) is 0 Å². The molecule has 0 spiro atoms. The molecule has 1 rings (SSSR count). The Morgan fingerprint density at radius 1 is 1.00 bits per heavy atom. The third-order valence-corrected chi connectivity index (χ3v) is 3.64. The minimum Gasteiger partial charge on any atom is -0.325 e. The first-order valence-electron chi connectivity index (χ1n) is 7.90. The zero-order chi connectivity index (χ0) is 14.6. The lowest BCUT2D eigenvalue weighted by Gasteiger charge is -2.03. The van der Waals surface area contributed by atoms with E-state index in [2.05, 4.69) is 11.9 Å². The summed E-state index contributed by atoms with van der Waals surface area (Å²) in [6.07, 6.45) is 12.6. The topological polar surface area (TPSA) is 56.6 Å². The van der Waals surface area contributed by atoms with Gasteiger partial charge in [0.1, 0.15) is 11.6 Å². The van der Waals surface area contributed by atoms with E-state index in [1.165, 1.54) is 51.4 Å². The Bertz CT molecular complexity index is 471. The van der Waals surface area contributed by atoms with Crippen molar-refractivity contribution < 1.29 is 0 Å². The second kappa shape index (κ2) is 10.3. The summed E-state index contributed by atoms with van der Waals surface area (Å²) in [7, 11) is 0. The molecule has 1 heterocycles. The lowest BCUT2D eigenvalue weighted by molar-refractivity contribution is 0.563. The summed E-state index contributed by atoms with van der Waals surface area (Å²) >= 11 is 0. The van der Waals surface area contributed by atoms with Crippen molar-refractivity contribution in [1.82, 2.24) is 4.98 Å². The normalized spacial score (nSPS) is 10.4. The second-order valence-electron chi connectivity index (χ2n) is 5.42. The van der Waals surface area contributed by atoms with Gasteiger partial charge in [0.05, 0.1) is 0 Å². The highest BCUT2D eigenvalue weighted by atomic mass is 16.1. The number of rotatable bonds is 10. The number of pyridine rings is 1. The van der Waals surface area contributed by atoms with Crippen LogP contribution in [0.1, 0.15) is 76.0 Å². The lowest BCUT2D eigenvalue weighted by atomic mass is 10.1. The van der Waals surface area contributed by atoms with Crippen LogP contribution in [0.25, 0.3) is 0 Å². The molecule has 0 aliphatic carbocycles. The first kappa shape index (κ1) is 16.5. The van der Waals surface area contributed by atoms with Gasteiger partial charge < -0.3 is 4.98 Å². The van der Waals surface area contributed by atoms with Crippen molar-refractivity contribution in [3.63, 3.8) is 0 Å². The number of aryl methyl sites for hydroxylation is 1. The zero-order valence-electron chi connectivity index (χ0n) is 12.6. The van der Waals surface area contributed by atoms with E-state index in [4.69, 9.17) is 5.26 Å². The molecule has 110 valence electrons. The van der Waals surface area contributed by atoms with Gasteiger partial charge in [0.15, 0.2) is 0 Å². The number of unbranched alkanes of at least 4 members (excludes halogenated alkanes) is 8. The minimum absolute atomic E-state index is 0.195. The molecule has 0 aromatic carbocycles. The summed E-state index contributed by atoms with van der Waals surface area (Å²) in [6, 6.07) is 5.35. The first-order chi connectivity index (χ1) is 9.77. The number of hydrogen-bond donors (Lipinski definition) is 1. The standard InChI is InChI=1S/C17H26N2O/c1-2-3-4-5-6-7-8-9-10-11-16-13-12-15(14-18)17(20)19-16/h12-13H,2-11H2,1H3,(H,19,20). The molecule has 1 aromatic heterocycles. The maximum absolute atomic E-state index is 11.5. The number of nitrogens with zero attached hydrogens (tertiary/aromatic N) is 1. The Morgan fingerprint density at radius 3 is 2.15 bits per heavy atom. The lowest BCUT2D eigenvalue weighted by Crippen LogP contribution is -2.11. The van der Waals surface area contributed by atoms with Gasteiger partial charge in [-0.15, -0.1) is 0 Å². The van der Waals surface area contributed by atoms with E-state index in [9.17, 15) is 4.79 Å². The Kier molecular flexibility index (Phi) is 8.46. The van der Waals surface area contributed by atoms with Crippen LogP contribution in [0, 0.1) is 11.3 Å². The van der Waals surface area contributed by atoms with Crippen LogP contribution in [-0.2, 0) is 6.42 Å². The number of aromatic nitrogens is 1. The van der Waals surface area contributed by atoms with Gasteiger partial charge in [-0.1, -0.05) is 58.3 Å². The van der Waals surface area contributed by atoms with Crippen molar-refractivity contribution in [3.8, 4) is 6.07 Å². The van der Waals surface area contributed by atoms with Crippen LogP contribution in [0.15, 0.2) is 16.9 Å². The van der Waals surface area contributed by atoms with E-state index in [0.717, 1.165) is 18.5 Å². The summed E-state index contributed by atoms with van der Waals surface area (Å²) in [6.45, 7) is 2.24. The fourth-order valence-corrected chi connectivity index (χ4v) is 2.37. The summed E-state index contributed by atoms with van der Waals surface area (Å²) in [4.78, 5) is 14.2.